The monoisotopic (exact) mass is 335 g/mol. The first-order chi connectivity index (χ1) is 11.0. The van der Waals surface area contributed by atoms with Gasteiger partial charge in [0.15, 0.2) is 0 Å². The predicted octanol–water partition coefficient (Wildman–Crippen LogP) is 4.02. The number of rotatable bonds is 5. The maximum absolute atomic E-state index is 13.3. The van der Waals surface area contributed by atoms with Crippen molar-refractivity contribution in [1.82, 2.24) is 14.9 Å². The minimum atomic E-state index is -0.654. The predicted molar refractivity (Wildman–Crippen MR) is 83.9 cm³/mol. The molecule has 0 radical (unpaired) electrons. The number of nitrogens with zero attached hydrogens (tertiary/aromatic N) is 3. The lowest BCUT2D eigenvalue weighted by Gasteiger charge is -2.13. The molecule has 7 heteroatoms. The summed E-state index contributed by atoms with van der Waals surface area (Å²) in [6, 6.07) is 3.23. The van der Waals surface area contributed by atoms with E-state index in [1.807, 2.05) is 12.4 Å². The lowest BCUT2D eigenvalue weighted by Crippen LogP contribution is -2.17. The second-order valence-electron chi connectivity index (χ2n) is 5.28. The van der Waals surface area contributed by atoms with E-state index in [1.165, 1.54) is 12.1 Å². The molecule has 3 rings (SSSR count). The Morgan fingerprint density at radius 2 is 1.91 bits per heavy atom. The molecular formula is C16H15F2N3OS. The molecule has 0 unspecified atom stereocenters. The zero-order chi connectivity index (χ0) is 16.4. The quantitative estimate of drug-likeness (QED) is 0.706. The number of oxazole rings is 1. The molecule has 0 aliphatic carbocycles. The first-order valence-electron chi connectivity index (χ1n) is 7.01. The van der Waals surface area contributed by atoms with Crippen LogP contribution in [0, 0.1) is 18.6 Å². The van der Waals surface area contributed by atoms with Gasteiger partial charge in [-0.15, -0.1) is 11.3 Å². The third kappa shape index (κ3) is 3.80. The molecule has 0 aliphatic rings. The van der Waals surface area contributed by atoms with Gasteiger partial charge < -0.3 is 4.42 Å². The normalized spacial score (nSPS) is 11.3. The summed E-state index contributed by atoms with van der Waals surface area (Å²) < 4.78 is 32.2. The van der Waals surface area contributed by atoms with Gasteiger partial charge in [-0.2, -0.15) is 0 Å². The van der Waals surface area contributed by atoms with Gasteiger partial charge in [0.1, 0.15) is 22.4 Å². The molecule has 2 aromatic heterocycles. The van der Waals surface area contributed by atoms with E-state index in [1.54, 1.807) is 24.5 Å². The molecule has 0 amide bonds. The second-order valence-corrected chi connectivity index (χ2v) is 6.26. The van der Waals surface area contributed by atoms with Crippen molar-refractivity contribution in [1.29, 1.82) is 0 Å². The molecular weight excluding hydrogens is 320 g/mol. The Kier molecular flexibility index (Phi) is 4.49. The van der Waals surface area contributed by atoms with Crippen LogP contribution in [0.4, 0.5) is 8.78 Å². The third-order valence-corrected chi connectivity index (χ3v) is 4.07. The topological polar surface area (TPSA) is 42.2 Å². The van der Waals surface area contributed by atoms with Crippen molar-refractivity contribution in [2.45, 2.75) is 20.0 Å². The largest absolute Gasteiger partial charge is 0.441 e. The van der Waals surface area contributed by atoms with Gasteiger partial charge in [-0.05, 0) is 26.1 Å². The summed E-state index contributed by atoms with van der Waals surface area (Å²) in [5, 5.41) is 2.95. The van der Waals surface area contributed by atoms with Crippen LogP contribution in [-0.2, 0) is 13.1 Å². The first-order valence-corrected chi connectivity index (χ1v) is 7.89. The fourth-order valence-electron chi connectivity index (χ4n) is 2.25. The highest BCUT2D eigenvalue weighted by Gasteiger charge is 2.15. The van der Waals surface area contributed by atoms with Crippen molar-refractivity contribution in [2.24, 2.45) is 0 Å². The van der Waals surface area contributed by atoms with Crippen LogP contribution in [0.15, 0.2) is 34.2 Å². The summed E-state index contributed by atoms with van der Waals surface area (Å²) in [6.45, 7) is 3.05. The first kappa shape index (κ1) is 15.8. The van der Waals surface area contributed by atoms with Crippen molar-refractivity contribution in [2.75, 3.05) is 7.05 Å². The summed E-state index contributed by atoms with van der Waals surface area (Å²) in [5.74, 6) is -0.453. The molecule has 0 aliphatic heterocycles. The SMILES string of the molecule is Cc1oc(-c2cc(F)cc(F)c2)nc1CN(C)Cc1nccs1. The van der Waals surface area contributed by atoms with Gasteiger partial charge in [0.05, 0.1) is 12.2 Å². The van der Waals surface area contributed by atoms with Gasteiger partial charge in [0.25, 0.3) is 0 Å². The number of halogens is 2. The second kappa shape index (κ2) is 6.55. The van der Waals surface area contributed by atoms with Crippen molar-refractivity contribution in [3.05, 3.63) is 57.9 Å². The Balaban J connectivity index is 1.78. The molecule has 0 bridgehead atoms. The Labute approximate surface area is 136 Å². The zero-order valence-corrected chi connectivity index (χ0v) is 13.5. The zero-order valence-electron chi connectivity index (χ0n) is 12.7. The van der Waals surface area contributed by atoms with E-state index in [4.69, 9.17) is 4.42 Å². The molecule has 120 valence electrons. The molecule has 0 atom stereocenters. The fraction of sp³-hybridized carbons (Fsp3) is 0.250. The third-order valence-electron chi connectivity index (χ3n) is 3.31. The number of aromatic nitrogens is 2. The van der Waals surface area contributed by atoms with Gasteiger partial charge in [0, 0.05) is 29.8 Å². The smallest absolute Gasteiger partial charge is 0.226 e. The van der Waals surface area contributed by atoms with Crippen molar-refractivity contribution in [3.63, 3.8) is 0 Å². The molecule has 0 N–H and O–H groups in total. The van der Waals surface area contributed by atoms with Gasteiger partial charge in [0.2, 0.25) is 5.89 Å². The van der Waals surface area contributed by atoms with Crippen molar-refractivity contribution in [3.8, 4) is 11.5 Å². The molecule has 1 aromatic carbocycles. The molecule has 2 heterocycles. The lowest BCUT2D eigenvalue weighted by atomic mass is 10.2. The van der Waals surface area contributed by atoms with Gasteiger partial charge in [-0.25, -0.2) is 18.7 Å². The van der Waals surface area contributed by atoms with Crippen LogP contribution in [0.3, 0.4) is 0 Å². The van der Waals surface area contributed by atoms with Crippen LogP contribution in [0.2, 0.25) is 0 Å². The van der Waals surface area contributed by atoms with E-state index in [2.05, 4.69) is 14.9 Å². The standard InChI is InChI=1S/C16H15F2N3OS/c1-10-14(8-21(2)9-15-19-3-4-23-15)20-16(22-10)11-5-12(17)7-13(18)6-11/h3-7H,8-9H2,1-2H3. The van der Waals surface area contributed by atoms with Gasteiger partial charge in [-0.1, -0.05) is 0 Å². The average molecular weight is 335 g/mol. The van der Waals surface area contributed by atoms with Crippen molar-refractivity contribution >= 4 is 11.3 Å². The Hall–Kier alpha value is -2.12. The molecule has 0 saturated carbocycles. The Bertz CT molecular complexity index is 782. The molecule has 4 nitrogen and oxygen atoms in total. The van der Waals surface area contributed by atoms with E-state index in [0.717, 1.165) is 16.8 Å². The summed E-state index contributed by atoms with van der Waals surface area (Å²) in [6.07, 6.45) is 1.77. The Morgan fingerprint density at radius 3 is 2.57 bits per heavy atom. The molecule has 0 fully saturated rings. The highest BCUT2D eigenvalue weighted by atomic mass is 32.1. The lowest BCUT2D eigenvalue weighted by molar-refractivity contribution is 0.313. The summed E-state index contributed by atoms with van der Waals surface area (Å²) in [7, 11) is 1.96. The van der Waals surface area contributed by atoms with E-state index >= 15 is 0 Å². The summed E-state index contributed by atoms with van der Waals surface area (Å²) in [4.78, 5) is 10.7. The highest BCUT2D eigenvalue weighted by Crippen LogP contribution is 2.24. The summed E-state index contributed by atoms with van der Waals surface area (Å²) >= 11 is 1.59. The van der Waals surface area contributed by atoms with Crippen LogP contribution in [0.1, 0.15) is 16.5 Å². The van der Waals surface area contributed by atoms with Crippen molar-refractivity contribution < 1.29 is 13.2 Å². The Morgan fingerprint density at radius 1 is 1.17 bits per heavy atom. The van der Waals surface area contributed by atoms with E-state index in [9.17, 15) is 8.78 Å². The van der Waals surface area contributed by atoms with Gasteiger partial charge in [-0.3, -0.25) is 4.90 Å². The molecule has 3 aromatic rings. The molecule has 0 saturated heterocycles. The number of aryl methyl sites for hydroxylation is 1. The number of hydrogen-bond acceptors (Lipinski definition) is 5. The summed E-state index contributed by atoms with van der Waals surface area (Å²) in [5.41, 5.74) is 1.03. The van der Waals surface area contributed by atoms with E-state index < -0.39 is 11.6 Å². The van der Waals surface area contributed by atoms with Crippen LogP contribution in [0.25, 0.3) is 11.5 Å². The average Bonchev–Trinajstić information content (AvgIpc) is 3.08. The van der Waals surface area contributed by atoms with Crippen LogP contribution < -0.4 is 0 Å². The van der Waals surface area contributed by atoms with E-state index in [-0.39, 0.29) is 5.89 Å². The van der Waals surface area contributed by atoms with E-state index in [0.29, 0.717) is 24.4 Å². The maximum atomic E-state index is 13.3. The van der Waals surface area contributed by atoms with Gasteiger partial charge >= 0.3 is 0 Å². The van der Waals surface area contributed by atoms with Crippen LogP contribution in [-0.4, -0.2) is 21.9 Å². The highest BCUT2D eigenvalue weighted by molar-refractivity contribution is 7.09. The number of benzene rings is 1. The molecule has 0 spiro atoms. The minimum Gasteiger partial charge on any atom is -0.441 e. The molecule has 23 heavy (non-hydrogen) atoms. The van der Waals surface area contributed by atoms with Crippen LogP contribution >= 0.6 is 11.3 Å². The maximum Gasteiger partial charge on any atom is 0.226 e. The van der Waals surface area contributed by atoms with Crippen LogP contribution in [0.5, 0.6) is 0 Å². The number of thiazole rings is 1. The minimum absolute atomic E-state index is 0.221. The fourth-order valence-corrected chi connectivity index (χ4v) is 2.94. The number of hydrogen-bond donors (Lipinski definition) is 0.